The summed E-state index contributed by atoms with van der Waals surface area (Å²) in [5.41, 5.74) is 2.90. The van der Waals surface area contributed by atoms with Gasteiger partial charge >= 0.3 is 10.1 Å². The quantitative estimate of drug-likeness (QED) is 0.148. The van der Waals surface area contributed by atoms with E-state index in [2.05, 4.69) is 26.5 Å². The molecule has 0 atom stereocenters. The molecular formula is C24H16BrN3O6S. The molecule has 176 valence electrons. The topological polar surface area (TPSA) is 128 Å². The third-order valence-corrected chi connectivity index (χ3v) is 6.65. The van der Waals surface area contributed by atoms with Gasteiger partial charge < -0.3 is 4.18 Å². The second kappa shape index (κ2) is 10.0. The number of benzene rings is 4. The summed E-state index contributed by atoms with van der Waals surface area (Å²) >= 11 is 3.31. The first-order chi connectivity index (χ1) is 16.7. The largest absolute Gasteiger partial charge is 0.378 e. The first kappa shape index (κ1) is 24.0. The molecule has 0 unspecified atom stereocenters. The smallest absolute Gasteiger partial charge is 0.339 e. The fraction of sp³-hybridized carbons (Fsp3) is 0. The zero-order valence-corrected chi connectivity index (χ0v) is 20.2. The molecule has 0 fully saturated rings. The normalized spacial score (nSPS) is 11.5. The molecule has 0 aliphatic carbocycles. The second-order valence-electron chi connectivity index (χ2n) is 7.20. The Morgan fingerprint density at radius 3 is 2.46 bits per heavy atom. The van der Waals surface area contributed by atoms with Gasteiger partial charge in [0.15, 0.2) is 5.75 Å². The zero-order chi connectivity index (χ0) is 25.0. The Hall–Kier alpha value is -4.09. The van der Waals surface area contributed by atoms with Crippen molar-refractivity contribution in [2.75, 3.05) is 0 Å². The van der Waals surface area contributed by atoms with E-state index in [0.29, 0.717) is 10.0 Å². The van der Waals surface area contributed by atoms with Crippen molar-refractivity contribution in [3.8, 4) is 5.75 Å². The minimum absolute atomic E-state index is 0.0466. The molecule has 0 bridgehead atoms. The maximum absolute atomic E-state index is 12.7. The number of hydrogen-bond donors (Lipinski definition) is 1. The molecule has 0 spiro atoms. The number of rotatable bonds is 7. The van der Waals surface area contributed by atoms with Crippen LogP contribution in [0.3, 0.4) is 0 Å². The molecule has 35 heavy (non-hydrogen) atoms. The highest BCUT2D eigenvalue weighted by atomic mass is 79.9. The van der Waals surface area contributed by atoms with Crippen LogP contribution in [0.15, 0.2) is 99.4 Å². The zero-order valence-electron chi connectivity index (χ0n) is 17.8. The van der Waals surface area contributed by atoms with E-state index in [1.54, 1.807) is 24.3 Å². The van der Waals surface area contributed by atoms with Crippen molar-refractivity contribution in [2.45, 2.75) is 4.90 Å². The number of non-ortho nitro benzene ring substituents is 1. The van der Waals surface area contributed by atoms with E-state index in [1.807, 2.05) is 30.3 Å². The highest BCUT2D eigenvalue weighted by Gasteiger charge is 2.20. The number of nitrogens with zero attached hydrogens (tertiary/aromatic N) is 2. The first-order valence-corrected chi connectivity index (χ1v) is 12.2. The van der Waals surface area contributed by atoms with Gasteiger partial charge in [0.1, 0.15) is 4.90 Å². The van der Waals surface area contributed by atoms with E-state index in [0.717, 1.165) is 35.0 Å². The van der Waals surface area contributed by atoms with E-state index in [9.17, 15) is 23.3 Å². The molecule has 0 aromatic heterocycles. The predicted molar refractivity (Wildman–Crippen MR) is 134 cm³/mol. The van der Waals surface area contributed by atoms with E-state index in [4.69, 9.17) is 4.18 Å². The van der Waals surface area contributed by atoms with Crippen LogP contribution in [0.25, 0.3) is 10.8 Å². The number of carbonyl (C=O) groups is 1. The van der Waals surface area contributed by atoms with Crippen LogP contribution in [0.2, 0.25) is 0 Å². The van der Waals surface area contributed by atoms with Crippen LogP contribution in [-0.4, -0.2) is 25.5 Å². The fourth-order valence-corrected chi connectivity index (χ4v) is 4.57. The average molecular weight is 554 g/mol. The molecule has 11 heteroatoms. The first-order valence-electron chi connectivity index (χ1n) is 10.0. The third kappa shape index (κ3) is 5.53. The number of halogens is 1. The molecule has 0 radical (unpaired) electrons. The van der Waals surface area contributed by atoms with Gasteiger partial charge in [0, 0.05) is 27.7 Å². The number of amides is 1. The minimum atomic E-state index is -4.29. The Balaban J connectivity index is 1.55. The lowest BCUT2D eigenvalue weighted by atomic mass is 10.0. The number of nitro groups is 1. The van der Waals surface area contributed by atoms with Gasteiger partial charge in [-0.1, -0.05) is 52.3 Å². The number of hydrogen-bond acceptors (Lipinski definition) is 7. The Labute approximate surface area is 208 Å². The van der Waals surface area contributed by atoms with E-state index < -0.39 is 20.9 Å². The van der Waals surface area contributed by atoms with Gasteiger partial charge in [0.05, 0.1) is 11.1 Å². The van der Waals surface area contributed by atoms with Gasteiger partial charge in [-0.15, -0.1) is 0 Å². The van der Waals surface area contributed by atoms with Crippen LogP contribution in [0, 0.1) is 10.1 Å². The van der Waals surface area contributed by atoms with Gasteiger partial charge in [-0.25, -0.2) is 5.43 Å². The monoisotopic (exact) mass is 553 g/mol. The van der Waals surface area contributed by atoms with Crippen LogP contribution in [0.1, 0.15) is 15.9 Å². The predicted octanol–water partition coefficient (Wildman–Crippen LogP) is 5.04. The number of nitrogens with one attached hydrogen (secondary N) is 1. The number of nitro benzene ring substituents is 1. The van der Waals surface area contributed by atoms with Crippen LogP contribution in [0.5, 0.6) is 5.75 Å². The highest BCUT2D eigenvalue weighted by Crippen LogP contribution is 2.26. The summed E-state index contributed by atoms with van der Waals surface area (Å²) in [6.07, 6.45) is 1.26. The van der Waals surface area contributed by atoms with Gasteiger partial charge in [-0.05, 0) is 47.2 Å². The molecule has 4 rings (SSSR count). The van der Waals surface area contributed by atoms with Gasteiger partial charge in [0.25, 0.3) is 11.6 Å². The van der Waals surface area contributed by atoms with Gasteiger partial charge in [-0.3, -0.25) is 14.9 Å². The van der Waals surface area contributed by atoms with E-state index in [1.165, 1.54) is 12.3 Å². The maximum Gasteiger partial charge on any atom is 0.339 e. The molecule has 0 aliphatic heterocycles. The lowest BCUT2D eigenvalue weighted by Gasteiger charge is -2.10. The Morgan fingerprint density at radius 2 is 1.71 bits per heavy atom. The summed E-state index contributed by atoms with van der Waals surface area (Å²) in [5.74, 6) is -0.483. The molecule has 0 saturated carbocycles. The van der Waals surface area contributed by atoms with Crippen molar-refractivity contribution < 1.29 is 22.3 Å². The van der Waals surface area contributed by atoms with Crippen molar-refractivity contribution in [3.05, 3.63) is 111 Å². The molecule has 1 N–H and O–H groups in total. The van der Waals surface area contributed by atoms with Crippen molar-refractivity contribution in [1.82, 2.24) is 5.43 Å². The van der Waals surface area contributed by atoms with Crippen molar-refractivity contribution in [1.29, 1.82) is 0 Å². The molecule has 1 amide bonds. The summed E-state index contributed by atoms with van der Waals surface area (Å²) in [6, 6.07) is 21.7. The summed E-state index contributed by atoms with van der Waals surface area (Å²) in [6.45, 7) is 0. The van der Waals surface area contributed by atoms with Gasteiger partial charge in [0.2, 0.25) is 0 Å². The van der Waals surface area contributed by atoms with Gasteiger partial charge in [-0.2, -0.15) is 13.5 Å². The highest BCUT2D eigenvalue weighted by molar-refractivity contribution is 9.10. The second-order valence-corrected chi connectivity index (χ2v) is 9.66. The lowest BCUT2D eigenvalue weighted by molar-refractivity contribution is -0.384. The minimum Gasteiger partial charge on any atom is -0.378 e. The number of fused-ring (bicyclic) bond motifs is 1. The molecular weight excluding hydrogens is 538 g/mol. The Morgan fingerprint density at radius 1 is 1.00 bits per heavy atom. The van der Waals surface area contributed by atoms with E-state index >= 15 is 0 Å². The molecule has 0 heterocycles. The number of carbonyl (C=O) groups excluding carboxylic acids is 1. The van der Waals surface area contributed by atoms with Crippen molar-refractivity contribution in [3.63, 3.8) is 0 Å². The molecule has 0 saturated heterocycles. The van der Waals surface area contributed by atoms with Crippen LogP contribution < -0.4 is 9.61 Å². The fourth-order valence-electron chi connectivity index (χ4n) is 3.24. The van der Waals surface area contributed by atoms with Crippen LogP contribution in [-0.2, 0) is 10.1 Å². The Kier molecular flexibility index (Phi) is 6.90. The SMILES string of the molecule is O=C(NN=Cc1cc(Br)ccc1OS(=O)(=O)c1ccc([N+](=O)[O-])cc1)c1cccc2ccccc12. The van der Waals surface area contributed by atoms with Crippen LogP contribution in [0.4, 0.5) is 5.69 Å². The summed E-state index contributed by atoms with van der Waals surface area (Å²) in [7, 11) is -4.29. The average Bonchev–Trinajstić information content (AvgIpc) is 2.85. The molecule has 4 aromatic carbocycles. The summed E-state index contributed by atoms with van der Waals surface area (Å²) in [5, 5.41) is 16.4. The van der Waals surface area contributed by atoms with Crippen LogP contribution >= 0.6 is 15.9 Å². The number of hydrazone groups is 1. The van der Waals surface area contributed by atoms with Crippen molar-refractivity contribution >= 4 is 54.6 Å². The van der Waals surface area contributed by atoms with Crippen molar-refractivity contribution in [2.24, 2.45) is 5.10 Å². The molecule has 4 aromatic rings. The summed E-state index contributed by atoms with van der Waals surface area (Å²) < 4.78 is 31.3. The lowest BCUT2D eigenvalue weighted by Crippen LogP contribution is -2.18. The molecule has 9 nitrogen and oxygen atoms in total. The maximum atomic E-state index is 12.7. The Bertz CT molecular complexity index is 1570. The summed E-state index contributed by atoms with van der Waals surface area (Å²) in [4.78, 5) is 22.6. The third-order valence-electron chi connectivity index (χ3n) is 4.91. The van der Waals surface area contributed by atoms with E-state index in [-0.39, 0.29) is 21.9 Å². The molecule has 0 aliphatic rings. The standard InChI is InChI=1S/C24H16BrN3O6S/c25-18-8-13-23(34-35(32,33)20-11-9-19(10-12-20)28(30)31)17(14-18)15-26-27-24(29)22-7-3-5-16-4-1-2-6-21(16)22/h1-15H,(H,27,29).